The number of rotatable bonds is 1. The van der Waals surface area contributed by atoms with E-state index in [9.17, 15) is 4.79 Å². The van der Waals surface area contributed by atoms with Crippen LogP contribution in [0.3, 0.4) is 0 Å². The van der Waals surface area contributed by atoms with Gasteiger partial charge in [0.05, 0.1) is 44.1 Å². The fourth-order valence-corrected chi connectivity index (χ4v) is 9.19. The number of carbonyl (C=O) groups excluding carboxylic acids is 1. The summed E-state index contributed by atoms with van der Waals surface area (Å²) >= 11 is 0. The lowest BCUT2D eigenvalue weighted by atomic mass is 9.56. The first-order chi connectivity index (χ1) is 12.5. The molecule has 2 bridgehead atoms. The van der Waals surface area contributed by atoms with Gasteiger partial charge in [0.15, 0.2) is 0 Å². The molecule has 0 aromatic heterocycles. The van der Waals surface area contributed by atoms with Gasteiger partial charge >= 0.3 is 5.97 Å². The second kappa shape index (κ2) is 4.30. The van der Waals surface area contributed by atoms with Gasteiger partial charge in [-0.3, -0.25) is 4.79 Å². The third-order valence-corrected chi connectivity index (χ3v) is 9.62. The molecule has 3 heterocycles. The Morgan fingerprint density at radius 3 is 2.88 bits per heavy atom. The minimum atomic E-state index is -0.172. The number of ether oxygens (including phenoxy) is 1. The molecule has 4 fully saturated rings. The second-order valence-corrected chi connectivity index (χ2v) is 9.93. The number of piperidine rings is 1. The first-order valence-corrected chi connectivity index (χ1v) is 10.3. The van der Waals surface area contributed by atoms with Gasteiger partial charge < -0.3 is 14.5 Å². The normalized spacial score (nSPS) is 52.2. The molecule has 6 rings (SSSR count). The number of quaternary nitrogens is 1. The molecule has 0 radical (unpaired) electrons. The van der Waals surface area contributed by atoms with Crippen LogP contribution in [0, 0.1) is 17.3 Å². The number of hydrogen-bond donors (Lipinski definition) is 1. The van der Waals surface area contributed by atoms with Crippen molar-refractivity contribution in [2.45, 2.75) is 49.6 Å². The van der Waals surface area contributed by atoms with Crippen molar-refractivity contribution in [3.8, 4) is 0 Å². The average Bonchev–Trinajstić information content (AvgIpc) is 3.27. The third-order valence-electron chi connectivity index (χ3n) is 9.62. The van der Waals surface area contributed by atoms with E-state index >= 15 is 0 Å². The smallest absolute Gasteiger partial charge is 0.311 e. The van der Waals surface area contributed by atoms with E-state index in [-0.39, 0.29) is 28.3 Å². The molecular formula is C22H29N2O2+. The van der Waals surface area contributed by atoms with Gasteiger partial charge in [0.2, 0.25) is 0 Å². The van der Waals surface area contributed by atoms with E-state index in [4.69, 9.17) is 4.74 Å². The summed E-state index contributed by atoms with van der Waals surface area (Å²) in [4.78, 5) is 13.0. The van der Waals surface area contributed by atoms with E-state index in [0.717, 1.165) is 6.42 Å². The number of methoxy groups -OCH3 is 1. The molecule has 1 aromatic rings. The van der Waals surface area contributed by atoms with Crippen molar-refractivity contribution in [3.63, 3.8) is 0 Å². The molecule has 0 amide bonds. The third kappa shape index (κ3) is 1.24. The largest absolute Gasteiger partial charge is 0.469 e. The predicted molar refractivity (Wildman–Crippen MR) is 99.8 cm³/mol. The van der Waals surface area contributed by atoms with Crippen LogP contribution in [0.25, 0.3) is 0 Å². The number of hydrogen-bond acceptors (Lipinski definition) is 3. The first-order valence-electron chi connectivity index (χ1n) is 10.3. The van der Waals surface area contributed by atoms with Crippen molar-refractivity contribution in [3.05, 3.63) is 29.8 Å². The standard InChI is InChI=1S/C22H29N2O2/c1-14-20-9-6-11-24(2)12-10-21(19(20)24)15-7-4-5-8-17(15)23-22(14,21)16(13-20)18(25)26-3/h4-5,7-8,14,16,19,23H,6,9-13H2,1-3H3/q+1/t14-,16-,19-,20+,21-,22-,24+/m0/s1. The van der Waals surface area contributed by atoms with Gasteiger partial charge in [-0.15, -0.1) is 0 Å². The van der Waals surface area contributed by atoms with Crippen LogP contribution in [0.15, 0.2) is 24.3 Å². The van der Waals surface area contributed by atoms with Crippen LogP contribution in [0.5, 0.6) is 0 Å². The molecule has 4 nitrogen and oxygen atoms in total. The average molecular weight is 353 g/mol. The molecule has 0 unspecified atom stereocenters. The van der Waals surface area contributed by atoms with Crippen molar-refractivity contribution < 1.29 is 14.0 Å². The maximum atomic E-state index is 13.0. The maximum absolute atomic E-state index is 13.0. The molecule has 2 saturated carbocycles. The Kier molecular flexibility index (Phi) is 2.56. The fourth-order valence-electron chi connectivity index (χ4n) is 9.19. The highest BCUT2D eigenvalue weighted by Crippen LogP contribution is 2.80. The van der Waals surface area contributed by atoms with Crippen molar-refractivity contribution in [1.82, 2.24) is 0 Å². The summed E-state index contributed by atoms with van der Waals surface area (Å²) in [5.74, 6) is 0.462. The van der Waals surface area contributed by atoms with Gasteiger partial charge in [0.1, 0.15) is 6.04 Å². The lowest BCUT2D eigenvalue weighted by Gasteiger charge is -2.54. The van der Waals surface area contributed by atoms with Gasteiger partial charge in [-0.05, 0) is 36.8 Å². The lowest BCUT2D eigenvalue weighted by Crippen LogP contribution is -2.67. The second-order valence-electron chi connectivity index (χ2n) is 9.93. The minimum Gasteiger partial charge on any atom is -0.469 e. The molecule has 2 saturated heterocycles. The van der Waals surface area contributed by atoms with Crippen molar-refractivity contribution in [2.24, 2.45) is 17.3 Å². The highest BCUT2D eigenvalue weighted by Gasteiger charge is 2.89. The molecular weight excluding hydrogens is 324 g/mol. The number of benzene rings is 1. The summed E-state index contributed by atoms with van der Waals surface area (Å²) in [5.41, 5.74) is 2.92. The highest BCUT2D eigenvalue weighted by atomic mass is 16.5. The zero-order chi connectivity index (χ0) is 17.9. The summed E-state index contributed by atoms with van der Waals surface area (Å²) in [6.07, 6.45) is 4.76. The van der Waals surface area contributed by atoms with Crippen LogP contribution in [-0.4, -0.2) is 49.3 Å². The van der Waals surface area contributed by atoms with Gasteiger partial charge in [-0.25, -0.2) is 0 Å². The van der Waals surface area contributed by atoms with E-state index in [1.54, 1.807) is 7.11 Å². The number of fused-ring (bicyclic) bond motifs is 1. The van der Waals surface area contributed by atoms with Gasteiger partial charge in [0.25, 0.3) is 0 Å². The summed E-state index contributed by atoms with van der Waals surface area (Å²) in [6.45, 7) is 4.98. The Morgan fingerprint density at radius 2 is 2.08 bits per heavy atom. The van der Waals surface area contributed by atoms with Crippen LogP contribution >= 0.6 is 0 Å². The minimum absolute atomic E-state index is 0.00136. The number of para-hydroxylation sites is 1. The topological polar surface area (TPSA) is 38.3 Å². The zero-order valence-corrected chi connectivity index (χ0v) is 16.0. The molecule has 4 heteroatoms. The first kappa shape index (κ1) is 15.5. The number of nitrogens with one attached hydrogen (secondary N) is 1. The maximum Gasteiger partial charge on any atom is 0.311 e. The van der Waals surface area contributed by atoms with Crippen LogP contribution in [0.1, 0.15) is 38.2 Å². The zero-order valence-electron chi connectivity index (χ0n) is 16.0. The lowest BCUT2D eigenvalue weighted by molar-refractivity contribution is -0.936. The van der Waals surface area contributed by atoms with E-state index in [0.29, 0.717) is 12.0 Å². The predicted octanol–water partition coefficient (Wildman–Crippen LogP) is 2.93. The molecule has 7 atom stereocenters. The number of nitrogens with zero attached hydrogens (tertiary/aromatic N) is 1. The number of carbonyl (C=O) groups is 1. The Bertz CT molecular complexity index is 839. The molecule has 5 aliphatic rings. The summed E-state index contributed by atoms with van der Waals surface area (Å²) in [5, 5.41) is 3.99. The van der Waals surface area contributed by atoms with E-state index < -0.39 is 0 Å². The summed E-state index contributed by atoms with van der Waals surface area (Å²) < 4.78 is 6.56. The summed E-state index contributed by atoms with van der Waals surface area (Å²) in [6, 6.07) is 9.52. The fraction of sp³-hybridized carbons (Fsp3) is 0.682. The molecule has 3 aliphatic heterocycles. The Morgan fingerprint density at radius 1 is 1.27 bits per heavy atom. The quantitative estimate of drug-likeness (QED) is 0.623. The number of likely N-dealkylation sites (N-methyl/N-ethyl adjacent to an activating group) is 1. The Hall–Kier alpha value is -1.55. The van der Waals surface area contributed by atoms with Gasteiger partial charge in [0, 0.05) is 17.5 Å². The van der Waals surface area contributed by atoms with Gasteiger partial charge in [-0.1, -0.05) is 25.1 Å². The van der Waals surface area contributed by atoms with Crippen LogP contribution in [0.2, 0.25) is 0 Å². The number of esters is 1. The molecule has 138 valence electrons. The highest BCUT2D eigenvalue weighted by molar-refractivity contribution is 5.82. The number of anilines is 1. The van der Waals surface area contributed by atoms with Crippen LogP contribution in [-0.2, 0) is 14.9 Å². The van der Waals surface area contributed by atoms with Crippen LogP contribution < -0.4 is 5.32 Å². The molecule has 1 aromatic carbocycles. The van der Waals surface area contributed by atoms with Gasteiger partial charge in [-0.2, -0.15) is 0 Å². The molecule has 1 N–H and O–H groups in total. The molecule has 2 aliphatic carbocycles. The van der Waals surface area contributed by atoms with Crippen molar-refractivity contribution in [2.75, 3.05) is 32.6 Å². The van der Waals surface area contributed by atoms with Crippen molar-refractivity contribution >= 4 is 11.7 Å². The molecule has 26 heavy (non-hydrogen) atoms. The van der Waals surface area contributed by atoms with E-state index in [1.807, 2.05) is 0 Å². The van der Waals surface area contributed by atoms with E-state index in [2.05, 4.69) is 43.6 Å². The SMILES string of the molecule is COC(=O)[C@@H]1C[C@]23CCC[N@+]4(C)CC[C@]5(c6ccccc6N[C@@]15[C@H]2C)[C@H]34. The molecule has 3 spiro atoms. The van der Waals surface area contributed by atoms with Crippen LogP contribution in [0.4, 0.5) is 5.69 Å². The van der Waals surface area contributed by atoms with E-state index in [1.165, 1.54) is 48.1 Å². The summed E-state index contributed by atoms with van der Waals surface area (Å²) in [7, 11) is 4.06. The monoisotopic (exact) mass is 353 g/mol. The Balaban J connectivity index is 1.69. The van der Waals surface area contributed by atoms with Crippen molar-refractivity contribution in [1.29, 1.82) is 0 Å². The Labute approximate surface area is 155 Å².